The molecule has 2 aromatic rings. The van der Waals surface area contributed by atoms with Crippen LogP contribution < -0.4 is 10.4 Å². The van der Waals surface area contributed by atoms with Crippen molar-refractivity contribution in [3.8, 4) is 0 Å². The first-order valence-corrected chi connectivity index (χ1v) is 7.86. The van der Waals surface area contributed by atoms with Gasteiger partial charge < -0.3 is 10.2 Å². The number of hydrogen-bond acceptors (Lipinski definition) is 3. The summed E-state index contributed by atoms with van der Waals surface area (Å²) in [5.74, 6) is -2.01. The molecule has 1 aliphatic heterocycles. The van der Waals surface area contributed by atoms with E-state index in [2.05, 4.69) is 5.32 Å². The van der Waals surface area contributed by atoms with Gasteiger partial charge in [-0.3, -0.25) is 0 Å². The molecule has 0 fully saturated rings. The molecule has 0 aliphatic carbocycles. The summed E-state index contributed by atoms with van der Waals surface area (Å²) < 4.78 is 42.6. The summed E-state index contributed by atoms with van der Waals surface area (Å²) in [4.78, 5) is 5.44. The van der Waals surface area contributed by atoms with E-state index in [0.717, 1.165) is 6.07 Å². The molecule has 0 radical (unpaired) electrons. The first-order chi connectivity index (χ1) is 11.0. The molecule has 0 unspecified atom stereocenters. The third-order valence-corrected chi connectivity index (χ3v) is 4.00. The van der Waals surface area contributed by atoms with E-state index in [1.165, 1.54) is 23.3 Å². The number of allylic oxidation sites excluding steroid dienone is 1. The lowest BCUT2D eigenvalue weighted by atomic mass is 10.2. The number of benzene rings is 2. The topological polar surface area (TPSA) is 24.5 Å². The van der Waals surface area contributed by atoms with Crippen LogP contribution in [0.4, 0.5) is 30.2 Å². The second-order valence-electron chi connectivity index (χ2n) is 4.97. The number of hydroxylamine groups is 1. The van der Waals surface area contributed by atoms with Crippen molar-refractivity contribution in [3.63, 3.8) is 0 Å². The molecule has 3 nitrogen and oxygen atoms in total. The van der Waals surface area contributed by atoms with Gasteiger partial charge in [0, 0.05) is 3.57 Å². The van der Waals surface area contributed by atoms with Crippen LogP contribution in [0.3, 0.4) is 0 Å². The van der Waals surface area contributed by atoms with Crippen molar-refractivity contribution in [1.82, 2.24) is 0 Å². The molecule has 23 heavy (non-hydrogen) atoms. The molecule has 120 valence electrons. The number of hydrogen-bond donors (Lipinski definition) is 1. The van der Waals surface area contributed by atoms with E-state index in [4.69, 9.17) is 4.84 Å². The first-order valence-electron chi connectivity index (χ1n) is 6.78. The van der Waals surface area contributed by atoms with Gasteiger partial charge in [0.1, 0.15) is 23.0 Å². The van der Waals surface area contributed by atoms with Gasteiger partial charge >= 0.3 is 0 Å². The van der Waals surface area contributed by atoms with E-state index >= 15 is 0 Å². The van der Waals surface area contributed by atoms with Crippen molar-refractivity contribution in [3.05, 3.63) is 63.2 Å². The number of rotatable bonds is 3. The Morgan fingerprint density at radius 3 is 2.57 bits per heavy atom. The molecular formula is C16H12F3IN2O. The van der Waals surface area contributed by atoms with Crippen LogP contribution in [0.2, 0.25) is 0 Å². The molecule has 0 saturated heterocycles. The molecule has 0 aromatic heterocycles. The highest BCUT2D eigenvalue weighted by atomic mass is 127. The predicted octanol–water partition coefficient (Wildman–Crippen LogP) is 5.11. The highest BCUT2D eigenvalue weighted by Crippen LogP contribution is 2.35. The average Bonchev–Trinajstić information content (AvgIpc) is 2.93. The van der Waals surface area contributed by atoms with Crippen molar-refractivity contribution in [2.45, 2.75) is 6.92 Å². The van der Waals surface area contributed by atoms with E-state index in [-0.39, 0.29) is 17.1 Å². The molecule has 0 saturated carbocycles. The SMILES string of the molecule is CC1=CCN(c2ccc(F)c(F)c2Nc2ccc(I)cc2F)O1. The van der Waals surface area contributed by atoms with Crippen LogP contribution >= 0.6 is 22.6 Å². The quantitative estimate of drug-likeness (QED) is 0.683. The van der Waals surface area contributed by atoms with Crippen LogP contribution in [0, 0.1) is 21.0 Å². The molecule has 3 rings (SSSR count). The van der Waals surface area contributed by atoms with Gasteiger partial charge in [-0.25, -0.2) is 18.2 Å². The van der Waals surface area contributed by atoms with E-state index in [1.54, 1.807) is 19.1 Å². The standard InChI is InChI=1S/C16H12F3IN2O/c1-9-6-7-22(23-9)14-5-3-11(17)15(19)16(14)21-13-4-2-10(20)8-12(13)18/h2-6,8,21H,7H2,1H3. The third-order valence-electron chi connectivity index (χ3n) is 3.33. The average molecular weight is 432 g/mol. The maximum atomic E-state index is 14.2. The number of nitrogens with zero attached hydrogens (tertiary/aromatic N) is 1. The van der Waals surface area contributed by atoms with Gasteiger partial charge in [0.2, 0.25) is 0 Å². The molecule has 1 aliphatic rings. The van der Waals surface area contributed by atoms with Crippen LogP contribution in [-0.4, -0.2) is 6.54 Å². The van der Waals surface area contributed by atoms with Gasteiger partial charge in [-0.05, 0) is 65.9 Å². The zero-order valence-corrected chi connectivity index (χ0v) is 14.2. The van der Waals surface area contributed by atoms with Crippen molar-refractivity contribution in [2.75, 3.05) is 16.9 Å². The minimum Gasteiger partial charge on any atom is -0.384 e. The molecule has 0 atom stereocenters. The van der Waals surface area contributed by atoms with Gasteiger partial charge in [0.25, 0.3) is 0 Å². The number of nitrogens with one attached hydrogen (secondary N) is 1. The highest BCUT2D eigenvalue weighted by Gasteiger charge is 2.22. The van der Waals surface area contributed by atoms with E-state index in [9.17, 15) is 13.2 Å². The monoisotopic (exact) mass is 432 g/mol. The normalized spacial score (nSPS) is 13.8. The second-order valence-corrected chi connectivity index (χ2v) is 6.22. The van der Waals surface area contributed by atoms with Crippen LogP contribution in [0.25, 0.3) is 0 Å². The summed E-state index contributed by atoms with van der Waals surface area (Å²) in [7, 11) is 0. The van der Waals surface area contributed by atoms with Crippen molar-refractivity contribution >= 4 is 39.7 Å². The molecule has 7 heteroatoms. The fourth-order valence-corrected chi connectivity index (χ4v) is 2.65. The Kier molecular flexibility index (Phi) is 4.38. The Labute approximate surface area is 144 Å². The molecule has 1 N–H and O–H groups in total. The van der Waals surface area contributed by atoms with Gasteiger partial charge in [0.05, 0.1) is 12.2 Å². The van der Waals surface area contributed by atoms with E-state index < -0.39 is 17.5 Å². The largest absolute Gasteiger partial charge is 0.384 e. The summed E-state index contributed by atoms with van der Waals surface area (Å²) in [6, 6.07) is 6.84. The second kappa shape index (κ2) is 6.31. The smallest absolute Gasteiger partial charge is 0.184 e. The van der Waals surface area contributed by atoms with E-state index in [1.807, 2.05) is 22.6 Å². The number of anilines is 3. The zero-order valence-electron chi connectivity index (χ0n) is 12.0. The Balaban J connectivity index is 2.01. The zero-order chi connectivity index (χ0) is 16.6. The molecular weight excluding hydrogens is 420 g/mol. The maximum absolute atomic E-state index is 14.2. The van der Waals surface area contributed by atoms with Gasteiger partial charge in [-0.1, -0.05) is 0 Å². The van der Waals surface area contributed by atoms with Crippen LogP contribution in [0.1, 0.15) is 6.92 Å². The maximum Gasteiger partial charge on any atom is 0.184 e. The van der Waals surface area contributed by atoms with Crippen molar-refractivity contribution in [2.24, 2.45) is 0 Å². The van der Waals surface area contributed by atoms with Crippen LogP contribution in [0.15, 0.2) is 42.2 Å². The molecule has 0 bridgehead atoms. The Morgan fingerprint density at radius 1 is 1.13 bits per heavy atom. The lowest BCUT2D eigenvalue weighted by molar-refractivity contribution is 0.214. The summed E-state index contributed by atoms with van der Waals surface area (Å²) >= 11 is 1.97. The minimum absolute atomic E-state index is 0.0556. The van der Waals surface area contributed by atoms with Gasteiger partial charge in [0.15, 0.2) is 11.6 Å². The first kappa shape index (κ1) is 16.0. The predicted molar refractivity (Wildman–Crippen MR) is 90.9 cm³/mol. The summed E-state index contributed by atoms with van der Waals surface area (Å²) in [5.41, 5.74) is 0.170. The van der Waals surface area contributed by atoms with Crippen LogP contribution in [-0.2, 0) is 4.84 Å². The van der Waals surface area contributed by atoms with Crippen LogP contribution in [0.5, 0.6) is 0 Å². The summed E-state index contributed by atoms with van der Waals surface area (Å²) in [6.07, 6.45) is 1.80. The Bertz CT molecular complexity index is 795. The molecule has 2 aromatic carbocycles. The molecule has 0 amide bonds. The summed E-state index contributed by atoms with van der Waals surface area (Å²) in [6.45, 7) is 2.15. The van der Waals surface area contributed by atoms with Gasteiger partial charge in [-0.2, -0.15) is 0 Å². The highest BCUT2D eigenvalue weighted by molar-refractivity contribution is 14.1. The lowest BCUT2D eigenvalue weighted by Gasteiger charge is -2.22. The Morgan fingerprint density at radius 2 is 1.91 bits per heavy atom. The Hall–Kier alpha value is -1.90. The number of halogens is 4. The molecule has 1 heterocycles. The van der Waals surface area contributed by atoms with Crippen molar-refractivity contribution < 1.29 is 18.0 Å². The van der Waals surface area contributed by atoms with Crippen molar-refractivity contribution in [1.29, 1.82) is 0 Å². The van der Waals surface area contributed by atoms with E-state index in [0.29, 0.717) is 15.9 Å². The summed E-state index contributed by atoms with van der Waals surface area (Å²) in [5, 5.41) is 4.04. The minimum atomic E-state index is -1.09. The third kappa shape index (κ3) is 3.24. The molecule has 0 spiro atoms. The van der Waals surface area contributed by atoms with Gasteiger partial charge in [-0.15, -0.1) is 0 Å². The lowest BCUT2D eigenvalue weighted by Crippen LogP contribution is -2.19. The fourth-order valence-electron chi connectivity index (χ4n) is 2.20. The fraction of sp³-hybridized carbons (Fsp3) is 0.125.